The quantitative estimate of drug-likeness (QED) is 0.626. The predicted octanol–water partition coefficient (Wildman–Crippen LogP) is 2.80. The minimum atomic E-state index is -0.0436. The van der Waals surface area contributed by atoms with Crippen LogP contribution < -0.4 is 0 Å². The third kappa shape index (κ3) is 3.37. The van der Waals surface area contributed by atoms with E-state index in [0.29, 0.717) is 5.16 Å². The topological polar surface area (TPSA) is 76.3 Å². The molecule has 1 amide bonds. The molecule has 0 spiro atoms. The third-order valence-electron chi connectivity index (χ3n) is 3.75. The number of carbonyl (C=O) groups is 1. The Morgan fingerprint density at radius 2 is 2.16 bits per heavy atom. The second kappa shape index (κ2) is 7.06. The van der Waals surface area contributed by atoms with E-state index in [2.05, 4.69) is 26.7 Å². The first-order valence-corrected chi connectivity index (χ1v) is 10.3. The molecule has 0 radical (unpaired) electrons. The molecule has 3 aromatic heterocycles. The Bertz CT molecular complexity index is 886. The maximum atomic E-state index is 12.8. The van der Waals surface area contributed by atoms with Gasteiger partial charge in [-0.2, -0.15) is 5.10 Å². The molecule has 3 aromatic rings. The summed E-state index contributed by atoms with van der Waals surface area (Å²) in [6.45, 7) is 0. The van der Waals surface area contributed by atoms with Gasteiger partial charge in [-0.15, -0.1) is 27.8 Å². The van der Waals surface area contributed by atoms with Crippen LogP contribution in [-0.4, -0.2) is 42.6 Å². The van der Waals surface area contributed by atoms with Gasteiger partial charge in [0.1, 0.15) is 0 Å². The monoisotopic (exact) mass is 390 g/mol. The summed E-state index contributed by atoms with van der Waals surface area (Å²) in [5, 5.41) is 22.2. The van der Waals surface area contributed by atoms with Gasteiger partial charge in [0.2, 0.25) is 5.16 Å². The van der Waals surface area contributed by atoms with Gasteiger partial charge in [-0.25, -0.2) is 9.69 Å². The zero-order chi connectivity index (χ0) is 17.2. The van der Waals surface area contributed by atoms with E-state index in [-0.39, 0.29) is 17.7 Å². The molecule has 10 heteroatoms. The number of rotatable bonds is 5. The number of hydrogen-bond donors (Lipinski definition) is 0. The van der Waals surface area contributed by atoms with Crippen LogP contribution in [-0.2, 0) is 11.8 Å². The van der Waals surface area contributed by atoms with Gasteiger partial charge in [0.15, 0.2) is 0 Å². The van der Waals surface area contributed by atoms with Crippen LogP contribution in [0.4, 0.5) is 0 Å². The molecule has 0 saturated heterocycles. The van der Waals surface area contributed by atoms with Crippen LogP contribution in [0.5, 0.6) is 0 Å². The highest BCUT2D eigenvalue weighted by Gasteiger charge is 2.34. The van der Waals surface area contributed by atoms with Crippen molar-refractivity contribution < 1.29 is 4.79 Å². The van der Waals surface area contributed by atoms with Crippen LogP contribution in [0.25, 0.3) is 0 Å². The van der Waals surface area contributed by atoms with E-state index < -0.39 is 0 Å². The van der Waals surface area contributed by atoms with Gasteiger partial charge in [0, 0.05) is 18.3 Å². The summed E-state index contributed by atoms with van der Waals surface area (Å²) >= 11 is 4.62. The summed E-state index contributed by atoms with van der Waals surface area (Å²) in [7, 11) is 1.75. The number of carbonyl (C=O) groups excluding carboxylic acids is 1. The maximum Gasteiger partial charge on any atom is 0.253 e. The second-order valence-electron chi connectivity index (χ2n) is 5.37. The molecule has 4 heterocycles. The fourth-order valence-electron chi connectivity index (χ4n) is 2.57. The van der Waals surface area contributed by atoms with E-state index in [1.807, 2.05) is 29.0 Å². The molecule has 0 N–H and O–H groups in total. The van der Waals surface area contributed by atoms with E-state index in [0.717, 1.165) is 21.9 Å². The summed E-state index contributed by atoms with van der Waals surface area (Å²) < 4.78 is 1.55. The molecule has 4 rings (SSSR count). The number of thiophene rings is 2. The highest BCUT2D eigenvalue weighted by molar-refractivity contribution is 7.99. The fourth-order valence-corrected chi connectivity index (χ4v) is 4.81. The molecule has 1 atom stereocenters. The first-order valence-electron chi connectivity index (χ1n) is 7.54. The molecular formula is C15H14N6OS3. The van der Waals surface area contributed by atoms with Crippen LogP contribution in [0.2, 0.25) is 0 Å². The first kappa shape index (κ1) is 16.4. The van der Waals surface area contributed by atoms with Crippen molar-refractivity contribution in [2.45, 2.75) is 17.6 Å². The number of nitrogens with zero attached hydrogens (tertiary/aromatic N) is 6. The summed E-state index contributed by atoms with van der Waals surface area (Å²) in [5.74, 6) is 0.204. The van der Waals surface area contributed by atoms with Crippen LogP contribution in [0.15, 0.2) is 45.3 Å². The van der Waals surface area contributed by atoms with Gasteiger partial charge >= 0.3 is 0 Å². The fraction of sp³-hybridized carbons (Fsp3) is 0.267. The molecule has 128 valence electrons. The first-order chi connectivity index (χ1) is 12.2. The van der Waals surface area contributed by atoms with Crippen LogP contribution in [0, 0.1) is 0 Å². The minimum absolute atomic E-state index is 0.0391. The van der Waals surface area contributed by atoms with Crippen molar-refractivity contribution in [1.29, 1.82) is 0 Å². The summed E-state index contributed by atoms with van der Waals surface area (Å²) in [5.41, 5.74) is 0.965. The molecule has 1 aliphatic heterocycles. The number of thioether (sulfide) groups is 1. The molecular weight excluding hydrogens is 376 g/mol. The highest BCUT2D eigenvalue weighted by Crippen LogP contribution is 2.36. The second-order valence-corrected chi connectivity index (χ2v) is 8.24. The molecule has 0 aromatic carbocycles. The summed E-state index contributed by atoms with van der Waals surface area (Å²) in [4.78, 5) is 15.1. The zero-order valence-electron chi connectivity index (χ0n) is 13.3. The summed E-state index contributed by atoms with van der Waals surface area (Å²) in [6, 6.07) is 8.07. The number of hydrazone groups is 1. The van der Waals surface area contributed by atoms with Crippen LogP contribution in [0.1, 0.15) is 22.2 Å². The normalized spacial score (nSPS) is 17.1. The third-order valence-corrected chi connectivity index (χ3v) is 6.64. The Kier molecular flexibility index (Phi) is 4.64. The molecule has 0 fully saturated rings. The zero-order valence-corrected chi connectivity index (χ0v) is 15.7. The lowest BCUT2D eigenvalue weighted by Crippen LogP contribution is -2.28. The number of tetrazole rings is 1. The molecule has 0 saturated carbocycles. The number of aromatic nitrogens is 4. The van der Waals surface area contributed by atoms with Crippen molar-refractivity contribution >= 4 is 46.1 Å². The Hall–Kier alpha value is -2.04. The lowest BCUT2D eigenvalue weighted by Gasteiger charge is -2.20. The average molecular weight is 391 g/mol. The van der Waals surface area contributed by atoms with Gasteiger partial charge in [-0.05, 0) is 33.3 Å². The standard InChI is InChI=1S/C15H14N6OS3/c1-20-15(16-18-19-20)25-9-14(22)21-11(13-5-3-7-24-13)8-10(17-21)12-4-2-6-23-12/h2-7,11H,8-9H2,1H3/t11-/m0/s1. The summed E-state index contributed by atoms with van der Waals surface area (Å²) in [6.07, 6.45) is 0.739. The predicted molar refractivity (Wildman–Crippen MR) is 98.9 cm³/mol. The van der Waals surface area contributed by atoms with E-state index in [9.17, 15) is 4.79 Å². The molecule has 7 nitrogen and oxygen atoms in total. The molecule has 1 aliphatic rings. The Morgan fingerprint density at radius 3 is 2.84 bits per heavy atom. The largest absolute Gasteiger partial charge is 0.272 e. The number of hydrogen-bond acceptors (Lipinski definition) is 8. The van der Waals surface area contributed by atoms with Crippen molar-refractivity contribution in [2.24, 2.45) is 12.1 Å². The Morgan fingerprint density at radius 1 is 1.32 bits per heavy atom. The Balaban J connectivity index is 1.55. The van der Waals surface area contributed by atoms with Crippen molar-refractivity contribution in [1.82, 2.24) is 25.2 Å². The number of aryl methyl sites for hydroxylation is 1. The smallest absolute Gasteiger partial charge is 0.253 e. The minimum Gasteiger partial charge on any atom is -0.272 e. The van der Waals surface area contributed by atoms with Crippen LogP contribution >= 0.6 is 34.4 Å². The highest BCUT2D eigenvalue weighted by atomic mass is 32.2. The van der Waals surface area contributed by atoms with Crippen molar-refractivity contribution in [3.63, 3.8) is 0 Å². The van der Waals surface area contributed by atoms with Gasteiger partial charge in [0.05, 0.1) is 22.4 Å². The van der Waals surface area contributed by atoms with E-state index in [4.69, 9.17) is 0 Å². The molecule has 0 bridgehead atoms. The average Bonchev–Trinajstić information content (AvgIpc) is 3.38. The molecule has 0 aliphatic carbocycles. The van der Waals surface area contributed by atoms with Gasteiger partial charge in [0.25, 0.3) is 5.91 Å². The molecule has 0 unspecified atom stereocenters. The van der Waals surface area contributed by atoms with Crippen molar-refractivity contribution in [3.8, 4) is 0 Å². The number of amides is 1. The maximum absolute atomic E-state index is 12.8. The van der Waals surface area contributed by atoms with E-state index >= 15 is 0 Å². The van der Waals surface area contributed by atoms with Crippen LogP contribution in [0.3, 0.4) is 0 Å². The van der Waals surface area contributed by atoms with Gasteiger partial charge in [-0.3, -0.25) is 4.79 Å². The van der Waals surface area contributed by atoms with E-state index in [1.54, 1.807) is 39.4 Å². The molecule has 25 heavy (non-hydrogen) atoms. The lowest BCUT2D eigenvalue weighted by atomic mass is 10.1. The lowest BCUT2D eigenvalue weighted by molar-refractivity contribution is -0.130. The van der Waals surface area contributed by atoms with Crippen molar-refractivity contribution in [3.05, 3.63) is 44.8 Å². The SMILES string of the molecule is Cn1nnnc1SCC(=O)N1N=C(c2cccs2)C[C@H]1c1cccs1. The Labute approximate surface area is 156 Å². The van der Waals surface area contributed by atoms with Gasteiger partial charge < -0.3 is 0 Å². The van der Waals surface area contributed by atoms with Crippen molar-refractivity contribution in [2.75, 3.05) is 5.75 Å². The van der Waals surface area contributed by atoms with E-state index in [1.165, 1.54) is 11.8 Å². The van der Waals surface area contributed by atoms with Gasteiger partial charge in [-0.1, -0.05) is 23.9 Å².